The van der Waals surface area contributed by atoms with Gasteiger partial charge in [-0.05, 0) is 25.5 Å². The average Bonchev–Trinajstić information content (AvgIpc) is 3.01. The summed E-state index contributed by atoms with van der Waals surface area (Å²) in [6.45, 7) is 4.92. The molecule has 0 saturated carbocycles. The Morgan fingerprint density at radius 3 is 2.85 bits per heavy atom. The van der Waals surface area contributed by atoms with Gasteiger partial charge in [0.25, 0.3) is 0 Å². The Bertz CT molecular complexity index is 723. The van der Waals surface area contributed by atoms with Crippen LogP contribution in [0.1, 0.15) is 18.4 Å². The summed E-state index contributed by atoms with van der Waals surface area (Å²) in [5, 5.41) is 1.23. The van der Waals surface area contributed by atoms with Crippen molar-refractivity contribution in [2.45, 2.75) is 20.3 Å². The minimum absolute atomic E-state index is 0.443. The van der Waals surface area contributed by atoms with Gasteiger partial charge in [-0.2, -0.15) is 0 Å². The fourth-order valence-corrected chi connectivity index (χ4v) is 2.63. The number of fused-ring (bicyclic) bond motifs is 1. The summed E-state index contributed by atoms with van der Waals surface area (Å²) in [5.41, 5.74) is 10.3. The third-order valence-corrected chi connectivity index (χ3v) is 3.74. The van der Waals surface area contributed by atoms with Gasteiger partial charge in [-0.1, -0.05) is 25.1 Å². The van der Waals surface area contributed by atoms with Gasteiger partial charge in [0.15, 0.2) is 0 Å². The number of nitrogens with one attached hydrogen (secondary N) is 2. The molecule has 20 heavy (non-hydrogen) atoms. The fourth-order valence-electron chi connectivity index (χ4n) is 2.63. The van der Waals surface area contributed by atoms with Gasteiger partial charge in [-0.25, -0.2) is 4.98 Å². The van der Waals surface area contributed by atoms with E-state index in [1.807, 2.05) is 12.3 Å². The van der Waals surface area contributed by atoms with Crippen molar-refractivity contribution in [1.82, 2.24) is 15.0 Å². The molecule has 2 heterocycles. The number of hydrogen-bond donors (Lipinski definition) is 3. The summed E-state index contributed by atoms with van der Waals surface area (Å²) in [4.78, 5) is 11.3. The summed E-state index contributed by atoms with van der Waals surface area (Å²) >= 11 is 0. The van der Waals surface area contributed by atoms with E-state index in [9.17, 15) is 0 Å². The highest BCUT2D eigenvalue weighted by Crippen LogP contribution is 2.30. The molecule has 4 nitrogen and oxygen atoms in total. The zero-order chi connectivity index (χ0) is 14.1. The molecule has 1 atom stereocenters. The van der Waals surface area contributed by atoms with E-state index in [1.165, 1.54) is 10.9 Å². The lowest BCUT2D eigenvalue weighted by molar-refractivity contribution is 0.577. The van der Waals surface area contributed by atoms with E-state index >= 15 is 0 Å². The lowest BCUT2D eigenvalue weighted by atomic mass is 10.1. The van der Waals surface area contributed by atoms with Crippen LogP contribution in [0, 0.1) is 12.8 Å². The van der Waals surface area contributed by atoms with Crippen molar-refractivity contribution in [2.24, 2.45) is 11.7 Å². The summed E-state index contributed by atoms with van der Waals surface area (Å²) in [7, 11) is 0. The summed E-state index contributed by atoms with van der Waals surface area (Å²) in [5.74, 6) is 1.45. The van der Waals surface area contributed by atoms with Crippen LogP contribution in [0.15, 0.2) is 30.5 Å². The van der Waals surface area contributed by atoms with Gasteiger partial charge >= 0.3 is 0 Å². The van der Waals surface area contributed by atoms with E-state index in [1.54, 1.807) is 0 Å². The van der Waals surface area contributed by atoms with Crippen LogP contribution in [-0.2, 0) is 6.42 Å². The van der Waals surface area contributed by atoms with Crippen molar-refractivity contribution < 1.29 is 0 Å². The van der Waals surface area contributed by atoms with Crippen molar-refractivity contribution in [3.05, 3.63) is 42.0 Å². The highest BCUT2D eigenvalue weighted by Gasteiger charge is 2.13. The van der Waals surface area contributed by atoms with Crippen LogP contribution in [-0.4, -0.2) is 21.5 Å². The molecular weight excluding hydrogens is 248 g/mol. The maximum atomic E-state index is 5.67. The maximum Gasteiger partial charge on any atom is 0.106 e. The third kappa shape index (κ3) is 2.23. The molecule has 3 rings (SSSR count). The highest BCUT2D eigenvalue weighted by atomic mass is 14.9. The van der Waals surface area contributed by atoms with E-state index in [0.29, 0.717) is 12.5 Å². The molecule has 0 amide bonds. The number of nitrogens with two attached hydrogens (primary N) is 1. The molecule has 0 aliphatic rings. The molecule has 3 aromatic rings. The molecule has 0 bridgehead atoms. The second-order valence-corrected chi connectivity index (χ2v) is 5.46. The van der Waals surface area contributed by atoms with Gasteiger partial charge < -0.3 is 15.7 Å². The van der Waals surface area contributed by atoms with Gasteiger partial charge in [0, 0.05) is 28.6 Å². The smallest absolute Gasteiger partial charge is 0.106 e. The molecule has 0 saturated heterocycles. The Morgan fingerprint density at radius 1 is 1.25 bits per heavy atom. The molecule has 0 aliphatic heterocycles. The lowest BCUT2D eigenvalue weighted by Crippen LogP contribution is -2.13. The Hall–Kier alpha value is -2.07. The van der Waals surface area contributed by atoms with E-state index in [4.69, 9.17) is 5.73 Å². The zero-order valence-corrected chi connectivity index (χ0v) is 11.9. The molecule has 4 heteroatoms. The van der Waals surface area contributed by atoms with Crippen LogP contribution in [0.4, 0.5) is 0 Å². The number of hydrogen-bond acceptors (Lipinski definition) is 2. The number of para-hydroxylation sites is 1. The Kier molecular flexibility index (Phi) is 3.32. The lowest BCUT2D eigenvalue weighted by Gasteiger charge is -2.04. The van der Waals surface area contributed by atoms with Gasteiger partial charge in [-0.15, -0.1) is 0 Å². The van der Waals surface area contributed by atoms with Gasteiger partial charge in [-0.3, -0.25) is 0 Å². The van der Waals surface area contributed by atoms with Gasteiger partial charge in [0.2, 0.25) is 0 Å². The number of aromatic amines is 2. The Morgan fingerprint density at radius 2 is 2.05 bits per heavy atom. The number of aromatic nitrogens is 3. The second-order valence-electron chi connectivity index (χ2n) is 5.46. The molecule has 1 aromatic carbocycles. The summed E-state index contributed by atoms with van der Waals surface area (Å²) < 4.78 is 0. The van der Waals surface area contributed by atoms with E-state index in [0.717, 1.165) is 29.1 Å². The first-order valence-corrected chi connectivity index (χ1v) is 7.00. The van der Waals surface area contributed by atoms with E-state index in [2.05, 4.69) is 47.0 Å². The minimum Gasteiger partial charge on any atom is -0.358 e. The summed E-state index contributed by atoms with van der Waals surface area (Å²) in [6.07, 6.45) is 2.80. The largest absolute Gasteiger partial charge is 0.358 e. The van der Waals surface area contributed by atoms with Crippen LogP contribution in [0.2, 0.25) is 0 Å². The SMILES string of the molecule is Cc1[nH]c2ccccc2c1-c1cnc(CC(C)CN)[nH]1. The Labute approximate surface area is 118 Å². The molecule has 2 aromatic heterocycles. The fraction of sp³-hybridized carbons (Fsp3) is 0.312. The molecule has 0 aliphatic carbocycles. The van der Waals surface area contributed by atoms with Crippen molar-refractivity contribution >= 4 is 10.9 Å². The Balaban J connectivity index is 2.01. The molecule has 0 spiro atoms. The van der Waals surface area contributed by atoms with Gasteiger partial charge in [0.05, 0.1) is 11.9 Å². The number of nitrogens with zero attached hydrogens (tertiary/aromatic N) is 1. The van der Waals surface area contributed by atoms with Crippen LogP contribution in [0.3, 0.4) is 0 Å². The molecule has 104 valence electrons. The second kappa shape index (κ2) is 5.13. The minimum atomic E-state index is 0.443. The monoisotopic (exact) mass is 268 g/mol. The van der Waals surface area contributed by atoms with E-state index in [-0.39, 0.29) is 0 Å². The number of imidazole rings is 1. The molecular formula is C16H20N4. The molecule has 1 unspecified atom stereocenters. The molecule has 0 radical (unpaired) electrons. The predicted octanol–water partition coefficient (Wildman–Crippen LogP) is 3.00. The normalized spacial score (nSPS) is 12.9. The van der Waals surface area contributed by atoms with Crippen LogP contribution < -0.4 is 5.73 Å². The quantitative estimate of drug-likeness (QED) is 0.680. The number of aryl methyl sites for hydroxylation is 1. The third-order valence-electron chi connectivity index (χ3n) is 3.74. The highest BCUT2D eigenvalue weighted by molar-refractivity contribution is 5.96. The maximum absolute atomic E-state index is 5.67. The van der Waals surface area contributed by atoms with E-state index < -0.39 is 0 Å². The van der Waals surface area contributed by atoms with Crippen molar-refractivity contribution in [2.75, 3.05) is 6.54 Å². The van der Waals surface area contributed by atoms with Crippen LogP contribution >= 0.6 is 0 Å². The number of benzene rings is 1. The first-order chi connectivity index (χ1) is 9.69. The van der Waals surface area contributed by atoms with Gasteiger partial charge in [0.1, 0.15) is 5.82 Å². The van der Waals surface area contributed by atoms with Crippen molar-refractivity contribution in [3.63, 3.8) is 0 Å². The molecule has 4 N–H and O–H groups in total. The number of rotatable bonds is 4. The zero-order valence-electron chi connectivity index (χ0n) is 11.9. The predicted molar refractivity (Wildman–Crippen MR) is 82.5 cm³/mol. The molecule has 0 fully saturated rings. The summed E-state index contributed by atoms with van der Waals surface area (Å²) in [6, 6.07) is 8.34. The van der Waals surface area contributed by atoms with Crippen LogP contribution in [0.5, 0.6) is 0 Å². The first kappa shape index (κ1) is 12.9. The standard InChI is InChI=1S/C16H20N4/c1-10(8-17)7-15-18-9-14(20-15)16-11(2)19-13-6-4-3-5-12(13)16/h3-6,9-10,19H,7-8,17H2,1-2H3,(H,18,20). The van der Waals surface area contributed by atoms with Crippen molar-refractivity contribution in [3.8, 4) is 11.3 Å². The topological polar surface area (TPSA) is 70.5 Å². The van der Waals surface area contributed by atoms with Crippen molar-refractivity contribution in [1.29, 1.82) is 0 Å². The number of H-pyrrole nitrogens is 2. The first-order valence-electron chi connectivity index (χ1n) is 7.00. The van der Waals surface area contributed by atoms with Crippen LogP contribution in [0.25, 0.3) is 22.2 Å². The average molecular weight is 268 g/mol.